The summed E-state index contributed by atoms with van der Waals surface area (Å²) >= 11 is 1.01. The SMILES string of the molecule is COC(=O)/C(=N\Nc1ccccc1C)Sc1nnnn1-c1ccccc1. The molecule has 3 rings (SSSR count). The van der Waals surface area contributed by atoms with Gasteiger partial charge in [0, 0.05) is 0 Å². The van der Waals surface area contributed by atoms with Gasteiger partial charge in [0.2, 0.25) is 10.2 Å². The number of hydrazone groups is 1. The van der Waals surface area contributed by atoms with E-state index in [9.17, 15) is 4.79 Å². The third-order valence-electron chi connectivity index (χ3n) is 3.41. The summed E-state index contributed by atoms with van der Waals surface area (Å²) < 4.78 is 6.34. The monoisotopic (exact) mass is 368 g/mol. The van der Waals surface area contributed by atoms with Crippen LogP contribution in [0.15, 0.2) is 64.9 Å². The molecule has 0 fully saturated rings. The highest BCUT2D eigenvalue weighted by molar-refractivity contribution is 8.15. The summed E-state index contributed by atoms with van der Waals surface area (Å²) in [5, 5.41) is 16.3. The quantitative estimate of drug-likeness (QED) is 0.249. The van der Waals surface area contributed by atoms with Crippen molar-refractivity contribution in [1.29, 1.82) is 0 Å². The van der Waals surface area contributed by atoms with Crippen molar-refractivity contribution < 1.29 is 9.53 Å². The van der Waals surface area contributed by atoms with Crippen molar-refractivity contribution in [3.8, 4) is 5.69 Å². The molecular formula is C17H16N6O2S. The zero-order valence-electron chi connectivity index (χ0n) is 14.2. The zero-order valence-corrected chi connectivity index (χ0v) is 15.0. The predicted molar refractivity (Wildman–Crippen MR) is 99.3 cm³/mol. The molecule has 0 aliphatic heterocycles. The molecule has 0 saturated carbocycles. The van der Waals surface area contributed by atoms with Gasteiger partial charge in [-0.05, 0) is 52.9 Å². The highest BCUT2D eigenvalue weighted by Crippen LogP contribution is 2.21. The number of carbonyl (C=O) groups excluding carboxylic acids is 1. The number of carbonyl (C=O) groups is 1. The Kier molecular flexibility index (Phi) is 5.59. The highest BCUT2D eigenvalue weighted by Gasteiger charge is 2.19. The smallest absolute Gasteiger partial charge is 0.365 e. The topological polar surface area (TPSA) is 94.3 Å². The lowest BCUT2D eigenvalue weighted by atomic mass is 10.2. The van der Waals surface area contributed by atoms with Gasteiger partial charge in [-0.25, -0.2) is 4.79 Å². The maximum absolute atomic E-state index is 12.1. The minimum atomic E-state index is -0.585. The first-order valence-electron chi connectivity index (χ1n) is 7.68. The molecule has 2 aromatic carbocycles. The van der Waals surface area contributed by atoms with E-state index in [0.29, 0.717) is 5.16 Å². The molecule has 132 valence electrons. The summed E-state index contributed by atoms with van der Waals surface area (Å²) in [6.45, 7) is 1.94. The standard InChI is InChI=1S/C17H16N6O2S/c1-12-8-6-7-11-14(12)18-19-15(16(24)25-2)26-17-20-21-22-23(17)13-9-4-3-5-10-13/h3-11,18H,1-2H3/b19-15+. The van der Waals surface area contributed by atoms with Crippen molar-refractivity contribution in [3.63, 3.8) is 0 Å². The van der Waals surface area contributed by atoms with Crippen LogP contribution in [-0.4, -0.2) is 38.3 Å². The van der Waals surface area contributed by atoms with Gasteiger partial charge < -0.3 is 4.74 Å². The number of aromatic nitrogens is 4. The van der Waals surface area contributed by atoms with E-state index < -0.39 is 5.97 Å². The number of methoxy groups -OCH3 is 1. The Morgan fingerprint density at radius 3 is 2.62 bits per heavy atom. The fraction of sp³-hybridized carbons (Fsp3) is 0.118. The number of nitrogens with zero attached hydrogens (tertiary/aromatic N) is 5. The van der Waals surface area contributed by atoms with E-state index in [1.807, 2.05) is 61.5 Å². The fourth-order valence-electron chi connectivity index (χ4n) is 2.07. The van der Waals surface area contributed by atoms with Crippen molar-refractivity contribution in [2.24, 2.45) is 5.10 Å². The minimum absolute atomic E-state index is 0.0859. The molecule has 1 heterocycles. The zero-order chi connectivity index (χ0) is 18.4. The largest absolute Gasteiger partial charge is 0.464 e. The lowest BCUT2D eigenvalue weighted by Crippen LogP contribution is -2.15. The third kappa shape index (κ3) is 4.06. The van der Waals surface area contributed by atoms with Gasteiger partial charge in [0.1, 0.15) is 0 Å². The maximum atomic E-state index is 12.1. The lowest BCUT2D eigenvalue weighted by molar-refractivity contribution is -0.132. The number of rotatable bonds is 4. The van der Waals surface area contributed by atoms with Crippen LogP contribution >= 0.6 is 11.8 Å². The summed E-state index contributed by atoms with van der Waals surface area (Å²) in [5.41, 5.74) is 5.45. The molecule has 26 heavy (non-hydrogen) atoms. The van der Waals surface area contributed by atoms with Crippen LogP contribution in [-0.2, 0) is 9.53 Å². The normalized spacial score (nSPS) is 11.2. The summed E-state index contributed by atoms with van der Waals surface area (Å²) in [6, 6.07) is 17.0. The Hall–Kier alpha value is -3.20. The molecule has 0 aliphatic carbocycles. The van der Waals surface area contributed by atoms with Gasteiger partial charge in [0.15, 0.2) is 0 Å². The molecule has 0 saturated heterocycles. The first-order valence-corrected chi connectivity index (χ1v) is 8.50. The third-order valence-corrected chi connectivity index (χ3v) is 4.30. The number of benzene rings is 2. The lowest BCUT2D eigenvalue weighted by Gasteiger charge is -2.07. The summed E-state index contributed by atoms with van der Waals surface area (Å²) in [4.78, 5) is 12.1. The van der Waals surface area contributed by atoms with E-state index in [4.69, 9.17) is 4.74 Å². The van der Waals surface area contributed by atoms with Crippen LogP contribution in [0.4, 0.5) is 5.69 Å². The predicted octanol–water partition coefficient (Wildman–Crippen LogP) is 2.66. The first-order chi connectivity index (χ1) is 12.7. The Morgan fingerprint density at radius 2 is 1.88 bits per heavy atom. The van der Waals surface area contributed by atoms with E-state index in [2.05, 4.69) is 26.1 Å². The molecule has 0 amide bonds. The second-order valence-electron chi connectivity index (χ2n) is 5.15. The van der Waals surface area contributed by atoms with Crippen molar-refractivity contribution in [1.82, 2.24) is 20.2 Å². The van der Waals surface area contributed by atoms with Crippen LogP contribution in [0.2, 0.25) is 0 Å². The number of para-hydroxylation sites is 2. The van der Waals surface area contributed by atoms with Crippen molar-refractivity contribution >= 4 is 28.5 Å². The Morgan fingerprint density at radius 1 is 1.15 bits per heavy atom. The second-order valence-corrected chi connectivity index (χ2v) is 6.10. The number of esters is 1. The van der Waals surface area contributed by atoms with Crippen LogP contribution < -0.4 is 5.43 Å². The minimum Gasteiger partial charge on any atom is -0.464 e. The van der Waals surface area contributed by atoms with Crippen LogP contribution in [0.25, 0.3) is 5.69 Å². The number of thioether (sulfide) groups is 1. The van der Waals surface area contributed by atoms with Crippen molar-refractivity contribution in [2.45, 2.75) is 12.1 Å². The van der Waals surface area contributed by atoms with E-state index in [0.717, 1.165) is 28.7 Å². The van der Waals surface area contributed by atoms with Gasteiger partial charge in [0.25, 0.3) is 0 Å². The maximum Gasteiger partial charge on any atom is 0.365 e. The number of hydrogen-bond donors (Lipinski definition) is 1. The van der Waals surface area contributed by atoms with E-state index in [1.54, 1.807) is 0 Å². The number of tetrazole rings is 1. The number of hydrogen-bond acceptors (Lipinski definition) is 8. The van der Waals surface area contributed by atoms with Gasteiger partial charge in [-0.3, -0.25) is 5.43 Å². The molecule has 0 atom stereocenters. The van der Waals surface area contributed by atoms with Gasteiger partial charge >= 0.3 is 5.97 Å². The molecule has 0 spiro atoms. The Balaban J connectivity index is 1.87. The van der Waals surface area contributed by atoms with Gasteiger partial charge in [-0.1, -0.05) is 36.4 Å². The highest BCUT2D eigenvalue weighted by atomic mass is 32.2. The molecule has 3 aromatic rings. The van der Waals surface area contributed by atoms with Crippen LogP contribution in [0, 0.1) is 6.92 Å². The van der Waals surface area contributed by atoms with Crippen LogP contribution in [0.3, 0.4) is 0 Å². The number of anilines is 1. The number of ether oxygens (including phenoxy) is 1. The van der Waals surface area contributed by atoms with Gasteiger partial charge in [-0.2, -0.15) is 9.78 Å². The molecular weight excluding hydrogens is 352 g/mol. The summed E-state index contributed by atoms with van der Waals surface area (Å²) in [7, 11) is 1.30. The van der Waals surface area contributed by atoms with E-state index in [1.165, 1.54) is 11.8 Å². The number of aryl methyl sites for hydroxylation is 1. The molecule has 0 radical (unpaired) electrons. The molecule has 1 aromatic heterocycles. The number of nitrogens with one attached hydrogen (secondary N) is 1. The van der Waals surface area contributed by atoms with Crippen LogP contribution in [0.1, 0.15) is 5.56 Å². The Labute approximate surface area is 154 Å². The average molecular weight is 368 g/mol. The van der Waals surface area contributed by atoms with E-state index in [-0.39, 0.29) is 5.04 Å². The first kappa shape index (κ1) is 17.6. The van der Waals surface area contributed by atoms with E-state index >= 15 is 0 Å². The fourth-order valence-corrected chi connectivity index (χ4v) is 2.80. The second kappa shape index (κ2) is 8.26. The summed E-state index contributed by atoms with van der Waals surface area (Å²) in [6.07, 6.45) is 0. The average Bonchev–Trinajstić information content (AvgIpc) is 3.14. The Bertz CT molecular complexity index is 926. The van der Waals surface area contributed by atoms with Gasteiger partial charge in [-0.15, -0.1) is 5.10 Å². The van der Waals surface area contributed by atoms with Gasteiger partial charge in [0.05, 0.1) is 18.5 Å². The molecule has 1 N–H and O–H groups in total. The van der Waals surface area contributed by atoms with Crippen molar-refractivity contribution in [2.75, 3.05) is 12.5 Å². The molecule has 0 aliphatic rings. The van der Waals surface area contributed by atoms with Crippen molar-refractivity contribution in [3.05, 3.63) is 60.2 Å². The summed E-state index contributed by atoms with van der Waals surface area (Å²) in [5.74, 6) is -0.585. The molecule has 8 nitrogen and oxygen atoms in total. The molecule has 0 bridgehead atoms. The molecule has 0 unspecified atom stereocenters. The van der Waals surface area contributed by atoms with Crippen LogP contribution in [0.5, 0.6) is 0 Å². The molecule has 9 heteroatoms.